The van der Waals surface area contributed by atoms with Crippen molar-refractivity contribution in [1.29, 1.82) is 0 Å². The summed E-state index contributed by atoms with van der Waals surface area (Å²) in [6.45, 7) is 0. The van der Waals surface area contributed by atoms with E-state index in [9.17, 15) is 8.42 Å². The van der Waals surface area contributed by atoms with E-state index in [2.05, 4.69) is 0 Å². The van der Waals surface area contributed by atoms with Crippen molar-refractivity contribution in [3.05, 3.63) is 66.2 Å². The first kappa shape index (κ1) is 11.5. The van der Waals surface area contributed by atoms with Gasteiger partial charge in [0.1, 0.15) is 0 Å². The molecule has 3 heteroatoms. The van der Waals surface area contributed by atoms with Crippen molar-refractivity contribution in [1.82, 2.24) is 0 Å². The zero-order chi connectivity index (χ0) is 12.6. The Balaban J connectivity index is 1.87. The van der Waals surface area contributed by atoms with Gasteiger partial charge in [-0.05, 0) is 24.1 Å². The summed E-state index contributed by atoms with van der Waals surface area (Å²) in [6.07, 6.45) is 0.737. The fourth-order valence-electron chi connectivity index (χ4n) is 2.35. The zero-order valence-corrected chi connectivity index (χ0v) is 10.7. The lowest BCUT2D eigenvalue weighted by Gasteiger charge is -2.03. The molecule has 0 amide bonds. The highest BCUT2D eigenvalue weighted by Gasteiger charge is 2.48. The van der Waals surface area contributed by atoms with Gasteiger partial charge in [0.2, 0.25) is 0 Å². The maximum absolute atomic E-state index is 12.4. The van der Waals surface area contributed by atoms with Crippen LogP contribution >= 0.6 is 0 Å². The highest BCUT2D eigenvalue weighted by molar-refractivity contribution is 7.92. The van der Waals surface area contributed by atoms with E-state index >= 15 is 0 Å². The Morgan fingerprint density at radius 2 is 1.39 bits per heavy atom. The van der Waals surface area contributed by atoms with Gasteiger partial charge in [-0.3, -0.25) is 0 Å². The molecule has 2 unspecified atom stereocenters. The Labute approximate surface area is 107 Å². The van der Waals surface area contributed by atoms with E-state index in [0.29, 0.717) is 4.90 Å². The molecule has 2 aromatic carbocycles. The monoisotopic (exact) mass is 258 g/mol. The number of benzene rings is 2. The molecule has 0 spiro atoms. The van der Waals surface area contributed by atoms with Crippen LogP contribution < -0.4 is 0 Å². The lowest BCUT2D eigenvalue weighted by Crippen LogP contribution is -2.08. The van der Waals surface area contributed by atoms with Crippen LogP contribution in [0.1, 0.15) is 17.9 Å². The van der Waals surface area contributed by atoms with Crippen molar-refractivity contribution in [2.75, 3.05) is 0 Å². The Bertz CT molecular complexity index is 633. The molecule has 1 aliphatic carbocycles. The summed E-state index contributed by atoms with van der Waals surface area (Å²) in [5.74, 6) is 0.163. The second-order valence-corrected chi connectivity index (χ2v) is 6.82. The summed E-state index contributed by atoms with van der Waals surface area (Å²) in [6, 6.07) is 18.6. The summed E-state index contributed by atoms with van der Waals surface area (Å²) in [5.41, 5.74) is 1.13. The van der Waals surface area contributed by atoms with E-state index in [4.69, 9.17) is 0 Å². The van der Waals surface area contributed by atoms with Crippen LogP contribution in [-0.2, 0) is 9.84 Å². The first-order valence-electron chi connectivity index (χ1n) is 6.03. The SMILES string of the molecule is O=S(=O)(c1ccccc1)C1CC1c1ccccc1. The minimum absolute atomic E-state index is 0.163. The smallest absolute Gasteiger partial charge is 0.181 e. The van der Waals surface area contributed by atoms with E-state index in [1.165, 1.54) is 0 Å². The van der Waals surface area contributed by atoms with Gasteiger partial charge in [0.25, 0.3) is 0 Å². The molecule has 0 N–H and O–H groups in total. The molecule has 92 valence electrons. The highest BCUT2D eigenvalue weighted by Crippen LogP contribution is 2.47. The molecule has 1 fully saturated rings. The number of sulfone groups is 1. The molecule has 2 atom stereocenters. The number of hydrogen-bond donors (Lipinski definition) is 0. The summed E-state index contributed by atoms with van der Waals surface area (Å²) in [4.78, 5) is 0.438. The summed E-state index contributed by atoms with van der Waals surface area (Å²) >= 11 is 0. The van der Waals surface area contributed by atoms with Gasteiger partial charge in [-0.15, -0.1) is 0 Å². The van der Waals surface area contributed by atoms with Crippen molar-refractivity contribution < 1.29 is 8.42 Å². The summed E-state index contributed by atoms with van der Waals surface area (Å²) < 4.78 is 24.8. The molecule has 0 bridgehead atoms. The van der Waals surface area contributed by atoms with Gasteiger partial charge in [0, 0.05) is 5.92 Å². The second-order valence-electron chi connectivity index (χ2n) is 4.65. The van der Waals surface area contributed by atoms with Crippen LogP contribution in [-0.4, -0.2) is 13.7 Å². The molecule has 18 heavy (non-hydrogen) atoms. The quantitative estimate of drug-likeness (QED) is 0.848. The van der Waals surface area contributed by atoms with Crippen LogP contribution in [0.25, 0.3) is 0 Å². The summed E-state index contributed by atoms with van der Waals surface area (Å²) in [5, 5.41) is -0.248. The van der Waals surface area contributed by atoms with E-state index in [0.717, 1.165) is 12.0 Å². The Morgan fingerprint density at radius 3 is 2.00 bits per heavy atom. The van der Waals surface area contributed by atoms with Crippen LogP contribution in [0.2, 0.25) is 0 Å². The molecule has 2 nitrogen and oxygen atoms in total. The third kappa shape index (κ3) is 1.95. The van der Waals surface area contributed by atoms with Crippen LogP contribution in [0.15, 0.2) is 65.6 Å². The normalized spacial score (nSPS) is 22.7. The van der Waals surface area contributed by atoms with Crippen molar-refractivity contribution in [2.24, 2.45) is 0 Å². The molecule has 2 aromatic rings. The maximum Gasteiger partial charge on any atom is 0.181 e. The Hall–Kier alpha value is -1.61. The third-order valence-corrected chi connectivity index (χ3v) is 5.68. The molecular formula is C15H14O2S. The number of hydrogen-bond acceptors (Lipinski definition) is 2. The van der Waals surface area contributed by atoms with Crippen molar-refractivity contribution in [2.45, 2.75) is 22.5 Å². The van der Waals surface area contributed by atoms with Gasteiger partial charge in [-0.2, -0.15) is 0 Å². The number of rotatable bonds is 3. The van der Waals surface area contributed by atoms with Gasteiger partial charge in [0.05, 0.1) is 10.1 Å². The lowest BCUT2D eigenvalue weighted by atomic mass is 10.1. The zero-order valence-electron chi connectivity index (χ0n) is 9.86. The molecule has 0 aliphatic heterocycles. The van der Waals surface area contributed by atoms with Gasteiger partial charge < -0.3 is 0 Å². The average molecular weight is 258 g/mol. The lowest BCUT2D eigenvalue weighted by molar-refractivity contribution is 0.594. The van der Waals surface area contributed by atoms with E-state index in [1.807, 2.05) is 36.4 Å². The molecular weight excluding hydrogens is 244 g/mol. The molecule has 1 aliphatic rings. The molecule has 3 rings (SSSR count). The van der Waals surface area contributed by atoms with Crippen LogP contribution in [0, 0.1) is 0 Å². The van der Waals surface area contributed by atoms with Crippen LogP contribution in [0.5, 0.6) is 0 Å². The fourth-order valence-corrected chi connectivity index (χ4v) is 4.29. The fraction of sp³-hybridized carbons (Fsp3) is 0.200. The van der Waals surface area contributed by atoms with Crippen LogP contribution in [0.4, 0.5) is 0 Å². The molecule has 0 heterocycles. The maximum atomic E-state index is 12.4. The van der Waals surface area contributed by atoms with E-state index in [1.54, 1.807) is 24.3 Å². The molecule has 1 saturated carbocycles. The van der Waals surface area contributed by atoms with Crippen LogP contribution in [0.3, 0.4) is 0 Å². The van der Waals surface area contributed by atoms with Crippen molar-refractivity contribution in [3.8, 4) is 0 Å². The molecule has 0 saturated heterocycles. The predicted molar refractivity (Wildman–Crippen MR) is 71.2 cm³/mol. The molecule has 0 aromatic heterocycles. The minimum Gasteiger partial charge on any atom is -0.223 e. The van der Waals surface area contributed by atoms with Gasteiger partial charge in [-0.1, -0.05) is 48.5 Å². The third-order valence-electron chi connectivity index (χ3n) is 3.43. The minimum atomic E-state index is -3.16. The Kier molecular flexibility index (Phi) is 2.71. The predicted octanol–water partition coefficient (Wildman–Crippen LogP) is 3.02. The second kappa shape index (κ2) is 4.25. The highest BCUT2D eigenvalue weighted by atomic mass is 32.2. The van der Waals surface area contributed by atoms with Gasteiger partial charge in [-0.25, -0.2) is 8.42 Å². The van der Waals surface area contributed by atoms with E-state index in [-0.39, 0.29) is 11.2 Å². The van der Waals surface area contributed by atoms with Crippen molar-refractivity contribution in [3.63, 3.8) is 0 Å². The van der Waals surface area contributed by atoms with Gasteiger partial charge in [0.15, 0.2) is 9.84 Å². The Morgan fingerprint density at radius 1 is 0.833 bits per heavy atom. The van der Waals surface area contributed by atoms with Gasteiger partial charge >= 0.3 is 0 Å². The first-order chi connectivity index (χ1) is 8.69. The molecule has 0 radical (unpaired) electrons. The van der Waals surface area contributed by atoms with Crippen molar-refractivity contribution >= 4 is 9.84 Å². The topological polar surface area (TPSA) is 34.1 Å². The standard InChI is InChI=1S/C15H14O2S/c16-18(17,13-9-5-2-6-10-13)15-11-14(15)12-7-3-1-4-8-12/h1-10,14-15H,11H2. The average Bonchev–Trinajstić information content (AvgIpc) is 3.22. The van der Waals surface area contributed by atoms with E-state index < -0.39 is 9.84 Å². The summed E-state index contributed by atoms with van der Waals surface area (Å²) in [7, 11) is -3.16. The first-order valence-corrected chi connectivity index (χ1v) is 7.58. The largest absolute Gasteiger partial charge is 0.223 e.